The van der Waals surface area contributed by atoms with Crippen LogP contribution in [0, 0.1) is 5.92 Å². The molecule has 0 spiro atoms. The molecule has 8 nitrogen and oxygen atoms in total. The predicted octanol–water partition coefficient (Wildman–Crippen LogP) is 2.20. The standard InChI is InChI=1S/C16H19N5O3S/c22-15-17-4-6-21(15)16(23)20-5-1-2-11(9-20)8-13-18-14(19-24-13)12-3-7-25-10-12/h3,7,10-11H,1-2,4-6,8-9H2,(H,17,22)/t11-/m1/s1. The van der Waals surface area contributed by atoms with Crippen LogP contribution >= 0.6 is 11.3 Å². The molecule has 0 aromatic carbocycles. The van der Waals surface area contributed by atoms with Gasteiger partial charge in [-0.2, -0.15) is 16.3 Å². The van der Waals surface area contributed by atoms with Gasteiger partial charge in [0.2, 0.25) is 11.7 Å². The van der Waals surface area contributed by atoms with Gasteiger partial charge in [-0.15, -0.1) is 0 Å². The molecule has 4 amide bonds. The van der Waals surface area contributed by atoms with Gasteiger partial charge in [-0.1, -0.05) is 5.16 Å². The second-order valence-corrected chi connectivity index (χ2v) is 7.13. The highest BCUT2D eigenvalue weighted by Gasteiger charge is 2.33. The lowest BCUT2D eigenvalue weighted by atomic mass is 9.95. The molecule has 4 rings (SSSR count). The summed E-state index contributed by atoms with van der Waals surface area (Å²) in [7, 11) is 0. The van der Waals surface area contributed by atoms with Gasteiger partial charge in [0.1, 0.15) is 0 Å². The first-order valence-corrected chi connectivity index (χ1v) is 9.34. The summed E-state index contributed by atoms with van der Waals surface area (Å²) in [6, 6.07) is 1.45. The summed E-state index contributed by atoms with van der Waals surface area (Å²) < 4.78 is 5.37. The Labute approximate surface area is 148 Å². The highest BCUT2D eigenvalue weighted by molar-refractivity contribution is 7.08. The van der Waals surface area contributed by atoms with E-state index in [0.29, 0.717) is 44.3 Å². The summed E-state index contributed by atoms with van der Waals surface area (Å²) in [5, 5.41) is 10.7. The van der Waals surface area contributed by atoms with Crippen molar-refractivity contribution in [1.82, 2.24) is 25.3 Å². The fourth-order valence-electron chi connectivity index (χ4n) is 3.32. The number of hydrogen-bond acceptors (Lipinski definition) is 6. The third kappa shape index (κ3) is 3.37. The zero-order valence-corrected chi connectivity index (χ0v) is 14.5. The highest BCUT2D eigenvalue weighted by atomic mass is 32.1. The number of nitrogens with zero attached hydrogens (tertiary/aromatic N) is 4. The Hall–Kier alpha value is -2.42. The molecule has 4 heterocycles. The normalized spacial score (nSPS) is 20.8. The third-order valence-corrected chi connectivity index (χ3v) is 5.27. The maximum absolute atomic E-state index is 12.5. The van der Waals surface area contributed by atoms with Crippen LogP contribution in [0.4, 0.5) is 9.59 Å². The average Bonchev–Trinajstić information content (AvgIpc) is 3.35. The van der Waals surface area contributed by atoms with Crippen molar-refractivity contribution >= 4 is 23.4 Å². The Kier molecular flexibility index (Phi) is 4.39. The molecule has 2 fully saturated rings. The van der Waals surface area contributed by atoms with Crippen molar-refractivity contribution in [2.75, 3.05) is 26.2 Å². The zero-order chi connectivity index (χ0) is 17.2. The molecule has 0 bridgehead atoms. The van der Waals surface area contributed by atoms with Crippen molar-refractivity contribution in [2.45, 2.75) is 19.3 Å². The maximum Gasteiger partial charge on any atom is 0.328 e. The zero-order valence-electron chi connectivity index (χ0n) is 13.7. The van der Waals surface area contributed by atoms with E-state index in [2.05, 4.69) is 15.5 Å². The minimum atomic E-state index is -0.301. The van der Waals surface area contributed by atoms with E-state index in [0.717, 1.165) is 18.4 Å². The number of thiophene rings is 1. The Morgan fingerprint density at radius 3 is 3.12 bits per heavy atom. The van der Waals surface area contributed by atoms with Gasteiger partial charge >= 0.3 is 12.1 Å². The van der Waals surface area contributed by atoms with E-state index < -0.39 is 0 Å². The number of carbonyl (C=O) groups excluding carboxylic acids is 2. The number of amides is 4. The Bertz CT molecular complexity index is 760. The molecule has 2 aliphatic heterocycles. The van der Waals surface area contributed by atoms with Crippen molar-refractivity contribution in [3.05, 3.63) is 22.7 Å². The quantitative estimate of drug-likeness (QED) is 0.905. The number of urea groups is 2. The number of aromatic nitrogens is 2. The average molecular weight is 361 g/mol. The molecular weight excluding hydrogens is 342 g/mol. The summed E-state index contributed by atoms with van der Waals surface area (Å²) >= 11 is 1.59. The molecule has 2 aromatic rings. The highest BCUT2D eigenvalue weighted by Crippen LogP contribution is 2.24. The number of carbonyl (C=O) groups is 2. The molecule has 132 valence electrons. The van der Waals surface area contributed by atoms with Crippen LogP contribution in [0.5, 0.6) is 0 Å². The van der Waals surface area contributed by atoms with Gasteiger partial charge in [0.05, 0.1) is 0 Å². The SMILES string of the molecule is O=C1NCCN1C(=O)N1CCC[C@H](Cc2nc(-c3ccsc3)no2)C1. The van der Waals surface area contributed by atoms with E-state index in [1.165, 1.54) is 4.90 Å². The number of nitrogens with one attached hydrogen (secondary N) is 1. The summed E-state index contributed by atoms with van der Waals surface area (Å²) in [4.78, 5) is 31.7. The van der Waals surface area contributed by atoms with Crippen LogP contribution in [0.3, 0.4) is 0 Å². The smallest absolute Gasteiger partial charge is 0.328 e. The van der Waals surface area contributed by atoms with Gasteiger partial charge in [-0.3, -0.25) is 0 Å². The van der Waals surface area contributed by atoms with E-state index >= 15 is 0 Å². The van der Waals surface area contributed by atoms with Crippen LogP contribution in [0.25, 0.3) is 11.4 Å². The number of hydrogen-bond donors (Lipinski definition) is 1. The molecule has 0 aliphatic carbocycles. The predicted molar refractivity (Wildman–Crippen MR) is 91.1 cm³/mol. The first-order chi connectivity index (χ1) is 12.2. The summed E-state index contributed by atoms with van der Waals surface area (Å²) in [6.07, 6.45) is 2.57. The van der Waals surface area contributed by atoms with E-state index in [9.17, 15) is 9.59 Å². The van der Waals surface area contributed by atoms with E-state index in [4.69, 9.17) is 4.52 Å². The molecular formula is C16H19N5O3S. The van der Waals surface area contributed by atoms with Gasteiger partial charge in [-0.25, -0.2) is 14.5 Å². The fraction of sp³-hybridized carbons (Fsp3) is 0.500. The van der Waals surface area contributed by atoms with Crippen LogP contribution in [-0.2, 0) is 6.42 Å². The van der Waals surface area contributed by atoms with Gasteiger partial charge < -0.3 is 14.7 Å². The summed E-state index contributed by atoms with van der Waals surface area (Å²) in [6.45, 7) is 2.25. The minimum Gasteiger partial charge on any atom is -0.339 e. The molecule has 2 aromatic heterocycles. The molecule has 1 atom stereocenters. The first kappa shape index (κ1) is 16.1. The van der Waals surface area contributed by atoms with Crippen LogP contribution in [0.1, 0.15) is 18.7 Å². The second kappa shape index (κ2) is 6.83. The monoisotopic (exact) mass is 361 g/mol. The summed E-state index contributed by atoms with van der Waals surface area (Å²) in [5.74, 6) is 1.47. The maximum atomic E-state index is 12.5. The van der Waals surface area contributed by atoms with Crippen LogP contribution in [0.2, 0.25) is 0 Å². The first-order valence-electron chi connectivity index (χ1n) is 8.40. The second-order valence-electron chi connectivity index (χ2n) is 6.35. The molecule has 9 heteroatoms. The molecule has 1 N–H and O–H groups in total. The van der Waals surface area contributed by atoms with Crippen molar-refractivity contribution in [3.63, 3.8) is 0 Å². The molecule has 0 unspecified atom stereocenters. The Morgan fingerprint density at radius 2 is 2.36 bits per heavy atom. The Morgan fingerprint density at radius 1 is 1.44 bits per heavy atom. The number of likely N-dealkylation sites (tertiary alicyclic amines) is 1. The Balaban J connectivity index is 1.38. The minimum absolute atomic E-state index is 0.204. The van der Waals surface area contributed by atoms with Gasteiger partial charge in [0.25, 0.3) is 0 Å². The van der Waals surface area contributed by atoms with Crippen molar-refractivity contribution in [1.29, 1.82) is 0 Å². The number of piperidine rings is 1. The van der Waals surface area contributed by atoms with Crippen molar-refractivity contribution in [3.8, 4) is 11.4 Å². The lowest BCUT2D eigenvalue weighted by molar-refractivity contribution is 0.137. The van der Waals surface area contributed by atoms with Crippen LogP contribution in [-0.4, -0.2) is 58.2 Å². The summed E-state index contributed by atoms with van der Waals surface area (Å²) in [5.41, 5.74) is 0.959. The molecule has 0 saturated carbocycles. The van der Waals surface area contributed by atoms with E-state index in [-0.39, 0.29) is 18.0 Å². The molecule has 2 saturated heterocycles. The van der Waals surface area contributed by atoms with E-state index in [1.54, 1.807) is 16.2 Å². The van der Waals surface area contributed by atoms with Crippen molar-refractivity contribution < 1.29 is 14.1 Å². The number of rotatable bonds is 3. The lowest BCUT2D eigenvalue weighted by Crippen LogP contribution is -2.48. The van der Waals surface area contributed by atoms with Crippen LogP contribution in [0.15, 0.2) is 21.3 Å². The number of imide groups is 1. The molecule has 25 heavy (non-hydrogen) atoms. The van der Waals surface area contributed by atoms with E-state index in [1.807, 2.05) is 16.8 Å². The fourth-order valence-corrected chi connectivity index (χ4v) is 3.96. The molecule has 0 radical (unpaired) electrons. The van der Waals surface area contributed by atoms with Gasteiger partial charge in [0.15, 0.2) is 0 Å². The topological polar surface area (TPSA) is 91.6 Å². The van der Waals surface area contributed by atoms with Gasteiger partial charge in [-0.05, 0) is 30.2 Å². The lowest BCUT2D eigenvalue weighted by Gasteiger charge is -2.33. The van der Waals surface area contributed by atoms with Gasteiger partial charge in [0, 0.05) is 43.5 Å². The molecule has 2 aliphatic rings. The van der Waals surface area contributed by atoms with Crippen LogP contribution < -0.4 is 5.32 Å². The third-order valence-electron chi connectivity index (χ3n) is 4.59. The van der Waals surface area contributed by atoms with Crippen molar-refractivity contribution in [2.24, 2.45) is 5.92 Å². The largest absolute Gasteiger partial charge is 0.339 e.